The molecule has 2 aromatic carbocycles. The number of hydrogen-bond acceptors (Lipinski definition) is 5. The standard InChI is InChI=1S/C24H32O6/c1-16(2)29-21-9-6-18(7-10-21)14-28-15-20-12-19(8-11-22(20)27-5)13-23(24(25)26)30-17(3)4/h6-12,16-17,23H,13-15H2,1-5H3,(H,25,26). The Morgan fingerprint density at radius 2 is 1.60 bits per heavy atom. The minimum absolute atomic E-state index is 0.138. The molecule has 6 heteroatoms. The summed E-state index contributed by atoms with van der Waals surface area (Å²) in [6, 6.07) is 13.4. The van der Waals surface area contributed by atoms with Crippen LogP contribution in [-0.2, 0) is 33.9 Å². The van der Waals surface area contributed by atoms with Gasteiger partial charge in [0.15, 0.2) is 6.10 Å². The first-order valence-corrected chi connectivity index (χ1v) is 10.2. The van der Waals surface area contributed by atoms with E-state index >= 15 is 0 Å². The molecule has 0 aliphatic heterocycles. The Morgan fingerprint density at radius 3 is 2.17 bits per heavy atom. The van der Waals surface area contributed by atoms with Crippen LogP contribution in [0.4, 0.5) is 0 Å². The molecule has 0 bridgehead atoms. The Bertz CT molecular complexity index is 798. The van der Waals surface area contributed by atoms with Crippen molar-refractivity contribution in [3.8, 4) is 11.5 Å². The molecule has 1 unspecified atom stereocenters. The summed E-state index contributed by atoms with van der Waals surface area (Å²) < 4.78 is 22.5. The van der Waals surface area contributed by atoms with Gasteiger partial charge in [-0.05, 0) is 63.1 Å². The molecule has 0 amide bonds. The molecular formula is C24H32O6. The van der Waals surface area contributed by atoms with Crippen LogP contribution in [0.1, 0.15) is 44.4 Å². The zero-order valence-electron chi connectivity index (χ0n) is 18.4. The monoisotopic (exact) mass is 416 g/mol. The highest BCUT2D eigenvalue weighted by atomic mass is 16.5. The van der Waals surface area contributed by atoms with Crippen LogP contribution in [0.2, 0.25) is 0 Å². The van der Waals surface area contributed by atoms with Gasteiger partial charge in [0.05, 0.1) is 32.5 Å². The topological polar surface area (TPSA) is 74.2 Å². The summed E-state index contributed by atoms with van der Waals surface area (Å²) in [5.74, 6) is 0.568. The normalized spacial score (nSPS) is 12.2. The van der Waals surface area contributed by atoms with Crippen LogP contribution in [0.5, 0.6) is 11.5 Å². The fourth-order valence-corrected chi connectivity index (χ4v) is 3.02. The van der Waals surface area contributed by atoms with Gasteiger partial charge in [-0.2, -0.15) is 0 Å². The van der Waals surface area contributed by atoms with E-state index in [-0.39, 0.29) is 18.6 Å². The number of carboxylic acid groups (broad SMARTS) is 1. The molecule has 30 heavy (non-hydrogen) atoms. The van der Waals surface area contributed by atoms with Gasteiger partial charge in [0.1, 0.15) is 11.5 Å². The Labute approximate surface area is 178 Å². The van der Waals surface area contributed by atoms with Gasteiger partial charge in [-0.25, -0.2) is 4.79 Å². The van der Waals surface area contributed by atoms with Gasteiger partial charge >= 0.3 is 5.97 Å². The van der Waals surface area contributed by atoms with Crippen LogP contribution in [-0.4, -0.2) is 36.5 Å². The summed E-state index contributed by atoms with van der Waals surface area (Å²) >= 11 is 0. The lowest BCUT2D eigenvalue weighted by atomic mass is 10.0. The quantitative estimate of drug-likeness (QED) is 0.544. The van der Waals surface area contributed by atoms with Crippen LogP contribution in [0.3, 0.4) is 0 Å². The predicted octanol–water partition coefficient (Wildman–Crippen LogP) is 4.62. The van der Waals surface area contributed by atoms with Crippen molar-refractivity contribution in [2.45, 2.75) is 65.6 Å². The number of rotatable bonds is 12. The molecule has 0 aliphatic carbocycles. The average Bonchev–Trinajstić information content (AvgIpc) is 2.68. The van der Waals surface area contributed by atoms with E-state index in [0.717, 1.165) is 22.4 Å². The molecule has 0 saturated carbocycles. The zero-order valence-corrected chi connectivity index (χ0v) is 18.4. The highest BCUT2D eigenvalue weighted by Crippen LogP contribution is 2.23. The number of aliphatic carboxylic acids is 1. The van der Waals surface area contributed by atoms with E-state index in [4.69, 9.17) is 18.9 Å². The summed E-state index contributed by atoms with van der Waals surface area (Å²) in [6.45, 7) is 8.43. The van der Waals surface area contributed by atoms with E-state index in [0.29, 0.717) is 19.0 Å². The Hall–Kier alpha value is -2.57. The fourth-order valence-electron chi connectivity index (χ4n) is 3.02. The third-order valence-corrected chi connectivity index (χ3v) is 4.30. The number of carbonyl (C=O) groups is 1. The first-order chi connectivity index (χ1) is 14.3. The highest BCUT2D eigenvalue weighted by Gasteiger charge is 2.20. The molecule has 0 heterocycles. The van der Waals surface area contributed by atoms with Crippen LogP contribution in [0.15, 0.2) is 42.5 Å². The SMILES string of the molecule is COc1ccc(CC(OC(C)C)C(=O)O)cc1COCc1ccc(OC(C)C)cc1. The Morgan fingerprint density at radius 1 is 0.933 bits per heavy atom. The van der Waals surface area contributed by atoms with E-state index in [2.05, 4.69) is 0 Å². The molecule has 6 nitrogen and oxygen atoms in total. The van der Waals surface area contributed by atoms with Gasteiger partial charge in [-0.15, -0.1) is 0 Å². The van der Waals surface area contributed by atoms with E-state index in [9.17, 15) is 9.90 Å². The number of methoxy groups -OCH3 is 1. The third-order valence-electron chi connectivity index (χ3n) is 4.30. The fraction of sp³-hybridized carbons (Fsp3) is 0.458. The maximum absolute atomic E-state index is 11.5. The first-order valence-electron chi connectivity index (χ1n) is 10.2. The minimum atomic E-state index is -0.970. The molecule has 1 atom stereocenters. The number of ether oxygens (including phenoxy) is 4. The van der Waals surface area contributed by atoms with Crippen molar-refractivity contribution in [2.24, 2.45) is 0 Å². The Kier molecular flexibility index (Phi) is 9.15. The Balaban J connectivity index is 2.00. The maximum atomic E-state index is 11.5. The van der Waals surface area contributed by atoms with Gasteiger partial charge in [-0.1, -0.05) is 18.2 Å². The molecule has 2 rings (SSSR count). The molecule has 0 fully saturated rings. The number of benzene rings is 2. The average molecular weight is 417 g/mol. The van der Waals surface area contributed by atoms with Crippen molar-refractivity contribution in [3.63, 3.8) is 0 Å². The van der Waals surface area contributed by atoms with Crippen LogP contribution in [0.25, 0.3) is 0 Å². The molecule has 1 N–H and O–H groups in total. The first kappa shape index (κ1) is 23.7. The second kappa shape index (κ2) is 11.6. The van der Waals surface area contributed by atoms with Crippen molar-refractivity contribution in [3.05, 3.63) is 59.2 Å². The van der Waals surface area contributed by atoms with Gasteiger partial charge in [0, 0.05) is 12.0 Å². The van der Waals surface area contributed by atoms with Crippen LogP contribution >= 0.6 is 0 Å². The molecule has 0 aliphatic rings. The lowest BCUT2D eigenvalue weighted by molar-refractivity contribution is -0.153. The van der Waals surface area contributed by atoms with Gasteiger partial charge in [0.2, 0.25) is 0 Å². The summed E-state index contributed by atoms with van der Waals surface area (Å²) in [7, 11) is 1.61. The lowest BCUT2D eigenvalue weighted by Gasteiger charge is -2.18. The van der Waals surface area contributed by atoms with Gasteiger partial charge in [0.25, 0.3) is 0 Å². The number of carboxylic acids is 1. The maximum Gasteiger partial charge on any atom is 0.333 e. The smallest absolute Gasteiger partial charge is 0.333 e. The molecule has 0 aromatic heterocycles. The molecular weight excluding hydrogens is 384 g/mol. The second-order valence-corrected chi connectivity index (χ2v) is 7.67. The largest absolute Gasteiger partial charge is 0.496 e. The highest BCUT2D eigenvalue weighted by molar-refractivity contribution is 5.72. The van der Waals surface area contributed by atoms with E-state index in [1.807, 2.05) is 70.2 Å². The lowest BCUT2D eigenvalue weighted by Crippen LogP contribution is -2.29. The predicted molar refractivity (Wildman–Crippen MR) is 115 cm³/mol. The summed E-state index contributed by atoms with van der Waals surface area (Å²) in [6.07, 6.45) is -0.635. The summed E-state index contributed by atoms with van der Waals surface area (Å²) in [5.41, 5.74) is 2.76. The van der Waals surface area contributed by atoms with Crippen molar-refractivity contribution >= 4 is 5.97 Å². The molecule has 0 spiro atoms. The van der Waals surface area contributed by atoms with Gasteiger partial charge in [-0.3, -0.25) is 0 Å². The third kappa shape index (κ3) is 7.69. The van der Waals surface area contributed by atoms with Crippen molar-refractivity contribution in [2.75, 3.05) is 7.11 Å². The van der Waals surface area contributed by atoms with E-state index in [1.54, 1.807) is 7.11 Å². The zero-order chi connectivity index (χ0) is 22.1. The van der Waals surface area contributed by atoms with Crippen molar-refractivity contribution in [1.82, 2.24) is 0 Å². The van der Waals surface area contributed by atoms with Crippen molar-refractivity contribution in [1.29, 1.82) is 0 Å². The number of hydrogen-bond donors (Lipinski definition) is 1. The molecule has 164 valence electrons. The second-order valence-electron chi connectivity index (χ2n) is 7.67. The van der Waals surface area contributed by atoms with Crippen molar-refractivity contribution < 1.29 is 28.8 Å². The van der Waals surface area contributed by atoms with E-state index < -0.39 is 12.1 Å². The minimum Gasteiger partial charge on any atom is -0.496 e. The van der Waals surface area contributed by atoms with E-state index in [1.165, 1.54) is 0 Å². The molecule has 0 radical (unpaired) electrons. The molecule has 0 saturated heterocycles. The van der Waals surface area contributed by atoms with Gasteiger partial charge < -0.3 is 24.1 Å². The summed E-state index contributed by atoms with van der Waals surface area (Å²) in [5, 5.41) is 9.41. The summed E-state index contributed by atoms with van der Waals surface area (Å²) in [4.78, 5) is 11.5. The molecule has 2 aromatic rings. The van der Waals surface area contributed by atoms with Crippen LogP contribution in [0, 0.1) is 0 Å². The van der Waals surface area contributed by atoms with Crippen LogP contribution < -0.4 is 9.47 Å².